The standard InChI is InChI=1S/C16H27IN2O4Si/c1-5-24(6-2,7-3)22-10-13-12(17)8-14(23-13)19-9-11(4)15(20)18-16(19)21/h9,12-14H,5-8,10H2,1-4H3,(H,18,20,21)/t12-,13+,14+/m0/s1. The highest BCUT2D eigenvalue weighted by Crippen LogP contribution is 2.34. The second-order valence-corrected chi connectivity index (χ2v) is 12.8. The highest BCUT2D eigenvalue weighted by atomic mass is 127. The molecule has 2 rings (SSSR count). The van der Waals surface area contributed by atoms with Gasteiger partial charge < -0.3 is 9.16 Å². The fraction of sp³-hybridized carbons (Fsp3) is 0.750. The number of aryl methyl sites for hydroxylation is 1. The van der Waals surface area contributed by atoms with Crippen LogP contribution in [0.2, 0.25) is 18.1 Å². The van der Waals surface area contributed by atoms with Crippen molar-refractivity contribution in [2.75, 3.05) is 6.61 Å². The SMILES string of the molecule is CC[Si](CC)(CC)OC[C@H]1O[C@@H](n2cc(C)c(=O)[nH]c2=O)C[C@@H]1I. The molecule has 0 radical (unpaired) electrons. The predicted octanol–water partition coefficient (Wildman–Crippen LogP) is 2.96. The molecule has 0 aromatic carbocycles. The van der Waals surface area contributed by atoms with Crippen molar-refractivity contribution in [3.8, 4) is 0 Å². The molecule has 24 heavy (non-hydrogen) atoms. The second-order valence-electron chi connectivity index (χ2n) is 6.41. The van der Waals surface area contributed by atoms with E-state index in [1.165, 1.54) is 4.57 Å². The van der Waals surface area contributed by atoms with Crippen LogP contribution >= 0.6 is 22.6 Å². The number of aromatic amines is 1. The first-order valence-corrected chi connectivity index (χ1v) is 12.4. The zero-order chi connectivity index (χ0) is 17.9. The van der Waals surface area contributed by atoms with Gasteiger partial charge in [-0.3, -0.25) is 14.3 Å². The number of ether oxygens (including phenoxy) is 1. The summed E-state index contributed by atoms with van der Waals surface area (Å²) < 4.78 is 14.2. The van der Waals surface area contributed by atoms with Gasteiger partial charge in [0.1, 0.15) is 6.23 Å². The molecule has 0 unspecified atom stereocenters. The number of hydrogen-bond acceptors (Lipinski definition) is 4. The number of nitrogens with zero attached hydrogens (tertiary/aromatic N) is 1. The van der Waals surface area contributed by atoms with Crippen molar-refractivity contribution in [2.24, 2.45) is 0 Å². The summed E-state index contributed by atoms with van der Waals surface area (Å²) in [6.07, 6.45) is 1.95. The van der Waals surface area contributed by atoms with Crippen LogP contribution in [0.15, 0.2) is 15.8 Å². The lowest BCUT2D eigenvalue weighted by Crippen LogP contribution is -2.39. The lowest BCUT2D eigenvalue weighted by atomic mass is 10.2. The summed E-state index contributed by atoms with van der Waals surface area (Å²) in [6.45, 7) is 8.91. The average Bonchev–Trinajstić information content (AvgIpc) is 2.93. The average molecular weight is 466 g/mol. The Hall–Kier alpha value is -0.453. The van der Waals surface area contributed by atoms with E-state index in [-0.39, 0.29) is 21.8 Å². The lowest BCUT2D eigenvalue weighted by Gasteiger charge is -2.30. The zero-order valence-electron chi connectivity index (χ0n) is 14.8. The van der Waals surface area contributed by atoms with Crippen LogP contribution in [0.4, 0.5) is 0 Å². The fourth-order valence-corrected chi connectivity index (χ4v) is 6.57. The van der Waals surface area contributed by atoms with Gasteiger partial charge in [0.05, 0.1) is 12.7 Å². The summed E-state index contributed by atoms with van der Waals surface area (Å²) in [5, 5.41) is 0. The van der Waals surface area contributed by atoms with E-state index < -0.39 is 14.0 Å². The Bertz CT molecular complexity index is 663. The van der Waals surface area contributed by atoms with E-state index in [9.17, 15) is 9.59 Å². The van der Waals surface area contributed by atoms with Gasteiger partial charge >= 0.3 is 5.69 Å². The third-order valence-corrected chi connectivity index (χ3v) is 11.1. The molecule has 1 saturated heterocycles. The number of nitrogens with one attached hydrogen (secondary N) is 1. The number of alkyl halides is 1. The minimum Gasteiger partial charge on any atom is -0.414 e. The molecule has 1 fully saturated rings. The molecular weight excluding hydrogens is 439 g/mol. The first kappa shape index (κ1) is 19.9. The van der Waals surface area contributed by atoms with Crippen molar-refractivity contribution < 1.29 is 9.16 Å². The first-order chi connectivity index (χ1) is 11.4. The van der Waals surface area contributed by atoms with Crippen LogP contribution in [0.1, 0.15) is 39.0 Å². The molecule has 1 aliphatic heterocycles. The summed E-state index contributed by atoms with van der Waals surface area (Å²) in [5.41, 5.74) is -0.248. The first-order valence-electron chi connectivity index (χ1n) is 8.61. The van der Waals surface area contributed by atoms with Crippen molar-refractivity contribution in [3.05, 3.63) is 32.6 Å². The van der Waals surface area contributed by atoms with Crippen LogP contribution in [0.3, 0.4) is 0 Å². The predicted molar refractivity (Wildman–Crippen MR) is 106 cm³/mol. The van der Waals surface area contributed by atoms with Crippen molar-refractivity contribution >= 4 is 30.9 Å². The lowest BCUT2D eigenvalue weighted by molar-refractivity contribution is -0.0205. The molecule has 136 valence electrons. The molecule has 0 saturated carbocycles. The highest BCUT2D eigenvalue weighted by Gasteiger charge is 2.37. The molecule has 0 aliphatic carbocycles. The second kappa shape index (κ2) is 8.28. The maximum atomic E-state index is 12.0. The topological polar surface area (TPSA) is 73.3 Å². The molecule has 8 heteroatoms. The molecule has 6 nitrogen and oxygen atoms in total. The Labute approximate surface area is 157 Å². The number of halogens is 1. The molecule has 1 aromatic rings. The third-order valence-electron chi connectivity index (χ3n) is 5.11. The van der Waals surface area contributed by atoms with E-state index in [1.54, 1.807) is 13.1 Å². The van der Waals surface area contributed by atoms with Crippen molar-refractivity contribution in [2.45, 2.75) is 68.5 Å². The Morgan fingerprint density at radius 2 is 1.96 bits per heavy atom. The van der Waals surface area contributed by atoms with E-state index in [0.717, 1.165) is 24.6 Å². The molecule has 1 aliphatic rings. The maximum absolute atomic E-state index is 12.0. The van der Waals surface area contributed by atoms with Crippen LogP contribution in [0.5, 0.6) is 0 Å². The number of rotatable bonds is 7. The third kappa shape index (κ3) is 4.20. The molecule has 3 atom stereocenters. The highest BCUT2D eigenvalue weighted by molar-refractivity contribution is 14.1. The van der Waals surface area contributed by atoms with Gasteiger partial charge in [0, 0.05) is 22.1 Å². The molecule has 0 bridgehead atoms. The van der Waals surface area contributed by atoms with Crippen LogP contribution < -0.4 is 11.2 Å². The van der Waals surface area contributed by atoms with Crippen LogP contribution in [-0.2, 0) is 9.16 Å². The largest absolute Gasteiger partial charge is 0.414 e. The summed E-state index contributed by atoms with van der Waals surface area (Å²) in [5.74, 6) is 0. The van der Waals surface area contributed by atoms with Crippen molar-refractivity contribution in [3.63, 3.8) is 0 Å². The Morgan fingerprint density at radius 1 is 1.33 bits per heavy atom. The minimum absolute atomic E-state index is 0.0220. The van der Waals surface area contributed by atoms with E-state index in [2.05, 4.69) is 48.3 Å². The van der Waals surface area contributed by atoms with Gasteiger partial charge in [0.2, 0.25) is 0 Å². The molecule has 2 heterocycles. The normalized spacial score (nSPS) is 24.5. The van der Waals surface area contributed by atoms with Gasteiger partial charge in [-0.1, -0.05) is 43.4 Å². The molecule has 0 amide bonds. The van der Waals surface area contributed by atoms with Crippen LogP contribution in [0.25, 0.3) is 0 Å². The van der Waals surface area contributed by atoms with Gasteiger partial charge in [-0.15, -0.1) is 0 Å². The van der Waals surface area contributed by atoms with E-state index in [1.807, 2.05) is 0 Å². The maximum Gasteiger partial charge on any atom is 0.330 e. The molecule has 1 aromatic heterocycles. The van der Waals surface area contributed by atoms with E-state index >= 15 is 0 Å². The van der Waals surface area contributed by atoms with Gasteiger partial charge in [0.25, 0.3) is 5.56 Å². The van der Waals surface area contributed by atoms with Crippen LogP contribution in [0, 0.1) is 6.92 Å². The number of aromatic nitrogens is 2. The Morgan fingerprint density at radius 3 is 2.54 bits per heavy atom. The number of H-pyrrole nitrogens is 1. The Kier molecular flexibility index (Phi) is 6.86. The van der Waals surface area contributed by atoms with Crippen molar-refractivity contribution in [1.29, 1.82) is 0 Å². The summed E-state index contributed by atoms with van der Waals surface area (Å²) >= 11 is 2.37. The smallest absolute Gasteiger partial charge is 0.330 e. The summed E-state index contributed by atoms with van der Waals surface area (Å²) in [6, 6.07) is 3.34. The van der Waals surface area contributed by atoms with Gasteiger partial charge in [-0.05, 0) is 25.1 Å². The van der Waals surface area contributed by atoms with E-state index in [0.29, 0.717) is 12.2 Å². The molecule has 1 N–H and O–H groups in total. The van der Waals surface area contributed by atoms with Gasteiger partial charge in [-0.25, -0.2) is 4.79 Å². The fourth-order valence-electron chi connectivity index (χ4n) is 3.12. The minimum atomic E-state index is -1.64. The van der Waals surface area contributed by atoms with Gasteiger partial charge in [-0.2, -0.15) is 0 Å². The molecular formula is C16H27IN2O4Si. The van der Waals surface area contributed by atoms with E-state index in [4.69, 9.17) is 9.16 Å². The summed E-state index contributed by atoms with van der Waals surface area (Å²) in [7, 11) is -1.64. The zero-order valence-corrected chi connectivity index (χ0v) is 18.0. The number of hydrogen-bond donors (Lipinski definition) is 1. The quantitative estimate of drug-likeness (QED) is 0.381. The van der Waals surface area contributed by atoms with Gasteiger partial charge in [0.15, 0.2) is 8.32 Å². The van der Waals surface area contributed by atoms with Crippen molar-refractivity contribution in [1.82, 2.24) is 9.55 Å². The Balaban J connectivity index is 2.09. The molecule has 0 spiro atoms. The monoisotopic (exact) mass is 466 g/mol. The van der Waals surface area contributed by atoms with Crippen LogP contribution in [-0.4, -0.2) is 34.5 Å². The summed E-state index contributed by atoms with van der Waals surface area (Å²) in [4.78, 5) is 25.9.